The Kier molecular flexibility index (Phi) is 3.95. The van der Waals surface area contributed by atoms with E-state index in [-0.39, 0.29) is 5.28 Å². The van der Waals surface area contributed by atoms with E-state index >= 15 is 0 Å². The van der Waals surface area contributed by atoms with Crippen LogP contribution in [0.5, 0.6) is 11.5 Å². The number of rotatable bonds is 4. The number of hydrogen-bond acceptors (Lipinski definition) is 5. The molecule has 1 aromatic carbocycles. The first-order chi connectivity index (χ1) is 9.10. The minimum Gasteiger partial charge on any atom is -0.497 e. The number of nitrogens with zero attached hydrogens (tertiary/aromatic N) is 3. The maximum absolute atomic E-state index is 5.99. The van der Waals surface area contributed by atoms with Gasteiger partial charge in [0.2, 0.25) is 5.28 Å². The molecule has 0 aliphatic heterocycles. The lowest BCUT2D eigenvalue weighted by Crippen LogP contribution is -2.18. The van der Waals surface area contributed by atoms with Crippen LogP contribution in [0.25, 0.3) is 10.9 Å². The Morgan fingerprint density at radius 1 is 1.21 bits per heavy atom. The van der Waals surface area contributed by atoms with Crippen molar-refractivity contribution in [3.63, 3.8) is 0 Å². The maximum Gasteiger partial charge on any atom is 0.224 e. The zero-order chi connectivity index (χ0) is 14.0. The zero-order valence-electron chi connectivity index (χ0n) is 11.4. The van der Waals surface area contributed by atoms with Gasteiger partial charge in [0.15, 0.2) is 0 Å². The van der Waals surface area contributed by atoms with Gasteiger partial charge in [0, 0.05) is 25.7 Å². The normalized spacial score (nSPS) is 10.6. The molecule has 0 aliphatic rings. The van der Waals surface area contributed by atoms with Gasteiger partial charge >= 0.3 is 0 Å². The van der Waals surface area contributed by atoms with E-state index in [9.17, 15) is 0 Å². The van der Waals surface area contributed by atoms with E-state index < -0.39 is 0 Å². The van der Waals surface area contributed by atoms with Crippen LogP contribution in [-0.4, -0.2) is 37.8 Å². The molecule has 0 radical (unpaired) electrons. The summed E-state index contributed by atoms with van der Waals surface area (Å²) >= 11 is 5.99. The summed E-state index contributed by atoms with van der Waals surface area (Å²) in [5, 5.41) is 1.04. The summed E-state index contributed by atoms with van der Waals surface area (Å²) in [7, 11) is 5.16. The molecule has 1 heterocycles. The Bertz CT molecular complexity index is 604. The Morgan fingerprint density at radius 3 is 2.53 bits per heavy atom. The van der Waals surface area contributed by atoms with Crippen molar-refractivity contribution in [2.45, 2.75) is 6.92 Å². The average molecular weight is 282 g/mol. The fourth-order valence-corrected chi connectivity index (χ4v) is 2.03. The van der Waals surface area contributed by atoms with Crippen molar-refractivity contribution in [2.24, 2.45) is 0 Å². The fourth-order valence-electron chi connectivity index (χ4n) is 1.86. The van der Waals surface area contributed by atoms with Gasteiger partial charge < -0.3 is 14.4 Å². The molecule has 0 atom stereocenters. The summed E-state index contributed by atoms with van der Waals surface area (Å²) in [5.41, 5.74) is 0.700. The summed E-state index contributed by atoms with van der Waals surface area (Å²) < 4.78 is 10.6. The molecular weight excluding hydrogens is 266 g/mol. The second kappa shape index (κ2) is 5.48. The second-order valence-electron chi connectivity index (χ2n) is 4.05. The van der Waals surface area contributed by atoms with Crippen molar-refractivity contribution in [3.05, 3.63) is 17.4 Å². The molecule has 2 rings (SSSR count). The number of halogens is 1. The molecule has 6 heteroatoms. The van der Waals surface area contributed by atoms with Crippen molar-refractivity contribution >= 4 is 28.3 Å². The minimum absolute atomic E-state index is 0.207. The lowest BCUT2D eigenvalue weighted by Gasteiger charge is -2.19. The lowest BCUT2D eigenvalue weighted by molar-refractivity contribution is 0.397. The topological polar surface area (TPSA) is 47.5 Å². The van der Waals surface area contributed by atoms with Gasteiger partial charge in [-0.05, 0) is 18.5 Å². The van der Waals surface area contributed by atoms with Gasteiger partial charge in [0.25, 0.3) is 0 Å². The quantitative estimate of drug-likeness (QED) is 0.807. The first-order valence-electron chi connectivity index (χ1n) is 5.91. The van der Waals surface area contributed by atoms with E-state index in [0.29, 0.717) is 17.0 Å². The first kappa shape index (κ1) is 13.7. The molecule has 0 N–H and O–H groups in total. The SMILES string of the molecule is CCN(C)c1nc(Cl)nc2cc(OC)cc(OC)c12. The van der Waals surface area contributed by atoms with Crippen LogP contribution < -0.4 is 14.4 Å². The van der Waals surface area contributed by atoms with Crippen LogP contribution in [0.15, 0.2) is 12.1 Å². The molecule has 0 spiro atoms. The Labute approximate surface area is 117 Å². The van der Waals surface area contributed by atoms with Crippen LogP contribution in [0.4, 0.5) is 5.82 Å². The van der Waals surface area contributed by atoms with Crippen LogP contribution in [0.2, 0.25) is 5.28 Å². The molecule has 0 saturated carbocycles. The number of fused-ring (bicyclic) bond motifs is 1. The standard InChI is InChI=1S/C13H16ClN3O2/c1-5-17(2)12-11-9(15-13(14)16-12)6-8(18-3)7-10(11)19-4/h6-7H,5H2,1-4H3. The Morgan fingerprint density at radius 2 is 1.95 bits per heavy atom. The molecule has 2 aromatic rings. The van der Waals surface area contributed by atoms with Crippen molar-refractivity contribution < 1.29 is 9.47 Å². The van der Waals surface area contributed by atoms with Gasteiger partial charge in [-0.25, -0.2) is 4.98 Å². The molecule has 0 unspecified atom stereocenters. The van der Waals surface area contributed by atoms with Gasteiger partial charge in [0.05, 0.1) is 25.1 Å². The number of anilines is 1. The van der Waals surface area contributed by atoms with E-state index in [2.05, 4.69) is 9.97 Å². The smallest absolute Gasteiger partial charge is 0.224 e. The van der Waals surface area contributed by atoms with Crippen molar-refractivity contribution in [1.82, 2.24) is 9.97 Å². The van der Waals surface area contributed by atoms with Gasteiger partial charge in [-0.2, -0.15) is 4.98 Å². The maximum atomic E-state index is 5.99. The van der Waals surface area contributed by atoms with Crippen LogP contribution >= 0.6 is 11.6 Å². The zero-order valence-corrected chi connectivity index (χ0v) is 12.2. The molecular formula is C13H16ClN3O2. The van der Waals surface area contributed by atoms with Crippen molar-refractivity contribution in [2.75, 3.05) is 32.7 Å². The second-order valence-corrected chi connectivity index (χ2v) is 4.39. The van der Waals surface area contributed by atoms with Gasteiger partial charge in [-0.1, -0.05) is 0 Å². The third-order valence-corrected chi connectivity index (χ3v) is 3.15. The number of ether oxygens (including phenoxy) is 2. The highest BCUT2D eigenvalue weighted by molar-refractivity contribution is 6.29. The highest BCUT2D eigenvalue weighted by atomic mass is 35.5. The van der Waals surface area contributed by atoms with Gasteiger partial charge in [0.1, 0.15) is 17.3 Å². The monoisotopic (exact) mass is 281 g/mol. The first-order valence-corrected chi connectivity index (χ1v) is 6.28. The Balaban J connectivity index is 2.81. The molecule has 0 amide bonds. The highest BCUT2D eigenvalue weighted by Crippen LogP contribution is 2.36. The van der Waals surface area contributed by atoms with Crippen molar-refractivity contribution in [1.29, 1.82) is 0 Å². The summed E-state index contributed by atoms with van der Waals surface area (Å²) in [4.78, 5) is 10.5. The van der Waals surface area contributed by atoms with E-state index in [1.165, 1.54) is 0 Å². The molecule has 1 aromatic heterocycles. The van der Waals surface area contributed by atoms with Gasteiger partial charge in [-0.3, -0.25) is 0 Å². The van der Waals surface area contributed by atoms with Crippen LogP contribution in [0.3, 0.4) is 0 Å². The third kappa shape index (κ3) is 2.51. The number of aromatic nitrogens is 2. The molecule has 102 valence electrons. The predicted octanol–water partition coefficient (Wildman–Crippen LogP) is 2.76. The summed E-state index contributed by atoms with van der Waals surface area (Å²) in [6, 6.07) is 3.63. The van der Waals surface area contributed by atoms with E-state index in [0.717, 1.165) is 17.7 Å². The number of benzene rings is 1. The van der Waals surface area contributed by atoms with Gasteiger partial charge in [-0.15, -0.1) is 0 Å². The molecule has 0 bridgehead atoms. The van der Waals surface area contributed by atoms with E-state index in [1.54, 1.807) is 14.2 Å². The summed E-state index contributed by atoms with van der Waals surface area (Å²) in [6.45, 7) is 2.84. The molecule has 5 nitrogen and oxygen atoms in total. The Hall–Kier alpha value is -1.75. The largest absolute Gasteiger partial charge is 0.497 e. The summed E-state index contributed by atoms with van der Waals surface area (Å²) in [6.07, 6.45) is 0. The van der Waals surface area contributed by atoms with E-state index in [1.807, 2.05) is 31.0 Å². The molecule has 19 heavy (non-hydrogen) atoms. The van der Waals surface area contributed by atoms with Crippen LogP contribution in [0, 0.1) is 0 Å². The van der Waals surface area contributed by atoms with E-state index in [4.69, 9.17) is 21.1 Å². The van der Waals surface area contributed by atoms with Crippen LogP contribution in [-0.2, 0) is 0 Å². The van der Waals surface area contributed by atoms with Crippen molar-refractivity contribution in [3.8, 4) is 11.5 Å². The highest BCUT2D eigenvalue weighted by Gasteiger charge is 2.16. The molecule has 0 fully saturated rings. The number of methoxy groups -OCH3 is 2. The lowest BCUT2D eigenvalue weighted by atomic mass is 10.2. The summed E-state index contributed by atoms with van der Waals surface area (Å²) in [5.74, 6) is 2.09. The third-order valence-electron chi connectivity index (χ3n) is 2.98. The number of hydrogen-bond donors (Lipinski definition) is 0. The molecule has 0 aliphatic carbocycles. The average Bonchev–Trinajstić information content (AvgIpc) is 2.43. The predicted molar refractivity (Wildman–Crippen MR) is 76.6 cm³/mol. The van der Waals surface area contributed by atoms with Crippen LogP contribution in [0.1, 0.15) is 6.92 Å². The molecule has 0 saturated heterocycles. The fraction of sp³-hybridized carbons (Fsp3) is 0.385. The minimum atomic E-state index is 0.207.